The van der Waals surface area contributed by atoms with E-state index in [4.69, 9.17) is 9.47 Å². The Kier molecular flexibility index (Phi) is 5.96. The van der Waals surface area contributed by atoms with Crippen LogP contribution < -0.4 is 0 Å². The van der Waals surface area contributed by atoms with Crippen LogP contribution in [0.15, 0.2) is 40.5 Å². The summed E-state index contributed by atoms with van der Waals surface area (Å²) >= 11 is 0. The van der Waals surface area contributed by atoms with E-state index in [1.807, 2.05) is 0 Å². The van der Waals surface area contributed by atoms with E-state index in [2.05, 4.69) is 4.99 Å². The Morgan fingerprint density at radius 2 is 1.84 bits per heavy atom. The molecule has 0 spiro atoms. The standard InChI is InChI=1S/C19H23NO5/c1-5-24-18(22)15-11(3)20-12(4)16(19(23)25-6-2)17(15)13-8-7-9-14(21)10-13/h7-10,15,17,21H,5-6H2,1-4H3. The van der Waals surface area contributed by atoms with Crippen molar-refractivity contribution in [1.82, 2.24) is 0 Å². The van der Waals surface area contributed by atoms with Gasteiger partial charge >= 0.3 is 11.9 Å². The highest BCUT2D eigenvalue weighted by Crippen LogP contribution is 2.40. The first-order chi connectivity index (χ1) is 11.9. The molecule has 1 aromatic carbocycles. The van der Waals surface area contributed by atoms with Gasteiger partial charge in [0.1, 0.15) is 11.7 Å². The summed E-state index contributed by atoms with van der Waals surface area (Å²) in [5, 5.41) is 9.85. The molecule has 1 heterocycles. The Morgan fingerprint density at radius 3 is 2.44 bits per heavy atom. The number of carbonyl (C=O) groups excluding carboxylic acids is 2. The SMILES string of the molecule is CCOC(=O)C1=C(C)N=C(C)C(C(=O)OCC)C1c1cccc(O)c1. The Balaban J connectivity index is 2.62. The second kappa shape index (κ2) is 7.96. The highest BCUT2D eigenvalue weighted by atomic mass is 16.5. The van der Waals surface area contributed by atoms with Crippen molar-refractivity contribution in [1.29, 1.82) is 0 Å². The topological polar surface area (TPSA) is 85.2 Å². The molecule has 0 aliphatic carbocycles. The Morgan fingerprint density at radius 1 is 1.16 bits per heavy atom. The zero-order chi connectivity index (χ0) is 18.6. The molecule has 1 aliphatic rings. The van der Waals surface area contributed by atoms with E-state index in [-0.39, 0.29) is 19.0 Å². The summed E-state index contributed by atoms with van der Waals surface area (Å²) in [6.07, 6.45) is 0. The Bertz CT molecular complexity index is 735. The Hall–Kier alpha value is -2.63. The van der Waals surface area contributed by atoms with Crippen LogP contribution in [0.1, 0.15) is 39.2 Å². The number of phenolic OH excluding ortho intramolecular Hbond substituents is 1. The van der Waals surface area contributed by atoms with Gasteiger partial charge in [0.05, 0.1) is 18.8 Å². The predicted molar refractivity (Wildman–Crippen MR) is 93.4 cm³/mol. The van der Waals surface area contributed by atoms with Crippen molar-refractivity contribution >= 4 is 17.7 Å². The number of allylic oxidation sites excluding steroid dienone is 1. The summed E-state index contributed by atoms with van der Waals surface area (Å²) in [5.41, 5.74) is 2.02. The highest BCUT2D eigenvalue weighted by Gasteiger charge is 2.42. The normalized spacial score (nSPS) is 20.1. The number of hydrogen-bond acceptors (Lipinski definition) is 6. The first kappa shape index (κ1) is 18.7. The van der Waals surface area contributed by atoms with Crippen molar-refractivity contribution in [2.75, 3.05) is 13.2 Å². The number of aromatic hydroxyl groups is 1. The minimum absolute atomic E-state index is 0.0566. The van der Waals surface area contributed by atoms with E-state index < -0.39 is 23.8 Å². The largest absolute Gasteiger partial charge is 0.508 e. The molecule has 2 atom stereocenters. The quantitative estimate of drug-likeness (QED) is 0.829. The van der Waals surface area contributed by atoms with Crippen LogP contribution in [0.4, 0.5) is 0 Å². The molecule has 6 heteroatoms. The summed E-state index contributed by atoms with van der Waals surface area (Å²) in [7, 11) is 0. The number of ether oxygens (including phenoxy) is 2. The molecular weight excluding hydrogens is 322 g/mol. The summed E-state index contributed by atoms with van der Waals surface area (Å²) in [6, 6.07) is 6.52. The van der Waals surface area contributed by atoms with E-state index >= 15 is 0 Å². The molecule has 1 N–H and O–H groups in total. The molecule has 134 valence electrons. The number of carbonyl (C=O) groups is 2. The molecule has 6 nitrogen and oxygen atoms in total. The molecular formula is C19H23NO5. The van der Waals surface area contributed by atoms with Gasteiger partial charge in [0.25, 0.3) is 0 Å². The fourth-order valence-electron chi connectivity index (χ4n) is 3.13. The number of rotatable bonds is 5. The molecule has 0 amide bonds. The maximum atomic E-state index is 12.6. The van der Waals surface area contributed by atoms with Crippen LogP contribution >= 0.6 is 0 Å². The molecule has 1 aromatic rings. The second-order valence-electron chi connectivity index (χ2n) is 5.78. The van der Waals surface area contributed by atoms with Crippen LogP contribution in [0.5, 0.6) is 5.75 Å². The molecule has 2 rings (SSSR count). The van der Waals surface area contributed by atoms with Crippen molar-refractivity contribution in [3.8, 4) is 5.75 Å². The van der Waals surface area contributed by atoms with Crippen LogP contribution in [-0.2, 0) is 19.1 Å². The van der Waals surface area contributed by atoms with Crippen molar-refractivity contribution in [2.45, 2.75) is 33.6 Å². The maximum Gasteiger partial charge on any atom is 0.336 e. The lowest BCUT2D eigenvalue weighted by Crippen LogP contribution is -2.36. The summed E-state index contributed by atoms with van der Waals surface area (Å²) < 4.78 is 10.4. The number of benzene rings is 1. The Labute approximate surface area is 147 Å². The molecule has 0 saturated heterocycles. The van der Waals surface area contributed by atoms with Gasteiger partial charge in [-0.2, -0.15) is 0 Å². The van der Waals surface area contributed by atoms with Gasteiger partial charge in [-0.1, -0.05) is 12.1 Å². The van der Waals surface area contributed by atoms with Crippen LogP contribution in [0.3, 0.4) is 0 Å². The number of hydrogen-bond donors (Lipinski definition) is 1. The average molecular weight is 345 g/mol. The first-order valence-electron chi connectivity index (χ1n) is 8.29. The van der Waals surface area contributed by atoms with Gasteiger partial charge in [0, 0.05) is 17.3 Å². The van der Waals surface area contributed by atoms with E-state index in [1.54, 1.807) is 45.9 Å². The van der Waals surface area contributed by atoms with Gasteiger partial charge in [0.15, 0.2) is 0 Å². The second-order valence-corrected chi connectivity index (χ2v) is 5.78. The van der Waals surface area contributed by atoms with Gasteiger partial charge < -0.3 is 14.6 Å². The lowest BCUT2D eigenvalue weighted by molar-refractivity contribution is -0.146. The third-order valence-corrected chi connectivity index (χ3v) is 4.09. The van der Waals surface area contributed by atoms with Gasteiger partial charge in [-0.3, -0.25) is 9.79 Å². The fourth-order valence-corrected chi connectivity index (χ4v) is 3.13. The van der Waals surface area contributed by atoms with Gasteiger partial charge in [0.2, 0.25) is 0 Å². The van der Waals surface area contributed by atoms with Gasteiger partial charge in [-0.25, -0.2) is 4.79 Å². The molecule has 0 bridgehead atoms. The van der Waals surface area contributed by atoms with E-state index in [1.165, 1.54) is 6.07 Å². The van der Waals surface area contributed by atoms with Crippen molar-refractivity contribution in [3.05, 3.63) is 41.1 Å². The third-order valence-electron chi connectivity index (χ3n) is 4.09. The maximum absolute atomic E-state index is 12.6. The van der Waals surface area contributed by atoms with Gasteiger partial charge in [-0.05, 0) is 45.4 Å². The van der Waals surface area contributed by atoms with Crippen molar-refractivity contribution < 1.29 is 24.2 Å². The van der Waals surface area contributed by atoms with Gasteiger partial charge in [-0.15, -0.1) is 0 Å². The van der Waals surface area contributed by atoms with Crippen molar-refractivity contribution in [2.24, 2.45) is 10.9 Å². The lowest BCUT2D eigenvalue weighted by Gasteiger charge is -2.31. The third kappa shape index (κ3) is 3.90. The molecule has 1 aliphatic heterocycles. The highest BCUT2D eigenvalue weighted by molar-refractivity contribution is 6.07. The zero-order valence-electron chi connectivity index (χ0n) is 14.9. The van der Waals surface area contributed by atoms with Crippen LogP contribution in [-0.4, -0.2) is 36.0 Å². The summed E-state index contributed by atoms with van der Waals surface area (Å²) in [6.45, 7) is 7.35. The minimum atomic E-state index is -0.746. The fraction of sp³-hybridized carbons (Fsp3) is 0.421. The summed E-state index contributed by atoms with van der Waals surface area (Å²) in [4.78, 5) is 29.5. The van der Waals surface area contributed by atoms with Crippen molar-refractivity contribution in [3.63, 3.8) is 0 Å². The predicted octanol–water partition coefficient (Wildman–Crippen LogP) is 2.97. The monoisotopic (exact) mass is 345 g/mol. The lowest BCUT2D eigenvalue weighted by atomic mass is 9.75. The van der Waals surface area contributed by atoms with E-state index in [0.29, 0.717) is 22.5 Å². The number of nitrogens with zero attached hydrogens (tertiary/aromatic N) is 1. The molecule has 0 saturated carbocycles. The smallest absolute Gasteiger partial charge is 0.336 e. The molecule has 0 fully saturated rings. The number of aliphatic imine (C=N–C) groups is 1. The van der Waals surface area contributed by atoms with E-state index in [9.17, 15) is 14.7 Å². The van der Waals surface area contributed by atoms with Crippen LogP contribution in [0.2, 0.25) is 0 Å². The summed E-state index contributed by atoms with van der Waals surface area (Å²) in [5.74, 6) is -2.28. The average Bonchev–Trinajstić information content (AvgIpc) is 2.54. The first-order valence-corrected chi connectivity index (χ1v) is 8.29. The molecule has 25 heavy (non-hydrogen) atoms. The number of phenols is 1. The zero-order valence-corrected chi connectivity index (χ0v) is 14.9. The number of esters is 2. The minimum Gasteiger partial charge on any atom is -0.508 e. The molecule has 0 aromatic heterocycles. The molecule has 2 unspecified atom stereocenters. The van der Waals surface area contributed by atoms with Crippen LogP contribution in [0.25, 0.3) is 0 Å². The van der Waals surface area contributed by atoms with Crippen LogP contribution in [0, 0.1) is 5.92 Å². The molecule has 0 radical (unpaired) electrons. The van der Waals surface area contributed by atoms with E-state index in [0.717, 1.165) is 0 Å².